The molecule has 0 spiro atoms. The second-order valence-corrected chi connectivity index (χ2v) is 32.9. The molecule has 17 aromatic carbocycles. The quantitative estimate of drug-likeness (QED) is 0.126. The summed E-state index contributed by atoms with van der Waals surface area (Å²) in [4.78, 5) is 34.3. The number of aromatic nitrogens is 13. The second kappa shape index (κ2) is 31.1. The molecule has 0 amide bonds. The van der Waals surface area contributed by atoms with Crippen LogP contribution in [0.3, 0.4) is 0 Å². The van der Waals surface area contributed by atoms with Crippen molar-refractivity contribution in [1.29, 1.82) is 0 Å². The van der Waals surface area contributed by atoms with Gasteiger partial charge in [0, 0.05) is 164 Å². The largest absolute Gasteiger partial charge is 0.315 e. The normalized spacial score (nSPS) is 11.7. The number of fused-ring (bicyclic) bond motifs is 19. The van der Waals surface area contributed by atoms with Crippen molar-refractivity contribution in [2.45, 2.75) is 0 Å². The lowest BCUT2D eigenvalue weighted by molar-refractivity contribution is 1.11. The molecule has 608 valence electrons. The average molecular weight is 1660 g/mol. The van der Waals surface area contributed by atoms with E-state index >= 15 is 0 Å². The van der Waals surface area contributed by atoms with Gasteiger partial charge in [0.15, 0.2) is 17.5 Å². The smallest absolute Gasteiger partial charge is 0.160 e. The van der Waals surface area contributed by atoms with E-state index in [1.807, 2.05) is 36.5 Å². The van der Waals surface area contributed by atoms with Crippen molar-refractivity contribution >= 4 is 142 Å². The fourth-order valence-electron chi connectivity index (χ4n) is 19.4. The number of pyridine rings is 1. The molecular formula is C117H75N13. The van der Waals surface area contributed by atoms with E-state index in [4.69, 9.17) is 24.9 Å². The molecule has 13 heteroatoms. The zero-order valence-corrected chi connectivity index (χ0v) is 70.1. The Bertz CT molecular complexity index is 9140. The van der Waals surface area contributed by atoms with E-state index < -0.39 is 0 Å². The topological polar surface area (TPSA) is 120 Å². The molecule has 0 aliphatic heterocycles. The monoisotopic (exact) mass is 1660 g/mol. The maximum atomic E-state index is 5.27. The van der Waals surface area contributed by atoms with Crippen LogP contribution in [-0.4, -0.2) is 62.3 Å². The summed E-state index contributed by atoms with van der Waals surface area (Å²) < 4.78 is 14.1. The van der Waals surface area contributed by atoms with Gasteiger partial charge in [0.25, 0.3) is 0 Å². The zero-order valence-electron chi connectivity index (χ0n) is 70.1. The van der Waals surface area contributed by atoms with Crippen LogP contribution >= 0.6 is 0 Å². The van der Waals surface area contributed by atoms with Crippen LogP contribution in [-0.2, 0) is 0 Å². The first-order valence-electron chi connectivity index (χ1n) is 43.7. The van der Waals surface area contributed by atoms with E-state index in [0.29, 0.717) is 17.5 Å². The average Bonchev–Trinajstić information content (AvgIpc) is 1.57. The van der Waals surface area contributed by atoms with Gasteiger partial charge < -0.3 is 27.4 Å². The summed E-state index contributed by atoms with van der Waals surface area (Å²) in [6.07, 6.45) is 11.9. The van der Waals surface area contributed by atoms with Crippen LogP contribution in [0.1, 0.15) is 0 Å². The first-order valence-corrected chi connectivity index (χ1v) is 43.7. The first kappa shape index (κ1) is 74.8. The molecule has 0 aliphatic rings. The van der Waals surface area contributed by atoms with Gasteiger partial charge in [0.1, 0.15) is 0 Å². The maximum Gasteiger partial charge on any atom is 0.160 e. The lowest BCUT2D eigenvalue weighted by atomic mass is 10.0. The Kier molecular flexibility index (Phi) is 17.9. The molecule has 130 heavy (non-hydrogen) atoms. The predicted molar refractivity (Wildman–Crippen MR) is 535 cm³/mol. The molecule has 27 aromatic rings. The molecule has 10 heterocycles. The van der Waals surface area contributed by atoms with Gasteiger partial charge in [-0.1, -0.05) is 285 Å². The molecule has 0 atom stereocenters. The molecule has 0 bridgehead atoms. The first-order chi connectivity index (χ1) is 64.5. The molecule has 10 aromatic heterocycles. The Morgan fingerprint density at radius 3 is 0.992 bits per heavy atom. The highest BCUT2D eigenvalue weighted by Crippen LogP contribution is 2.44. The third-order valence-corrected chi connectivity index (χ3v) is 25.3. The van der Waals surface area contributed by atoms with Crippen molar-refractivity contribution in [3.8, 4) is 90.8 Å². The Labute approximate surface area is 745 Å². The summed E-state index contributed by atoms with van der Waals surface area (Å²) in [5.74, 6) is 2.12. The maximum absolute atomic E-state index is 5.27. The van der Waals surface area contributed by atoms with E-state index in [9.17, 15) is 0 Å². The van der Waals surface area contributed by atoms with E-state index in [0.717, 1.165) is 117 Å². The van der Waals surface area contributed by atoms with Crippen LogP contribution in [0.5, 0.6) is 0 Å². The minimum atomic E-state index is 0.698. The van der Waals surface area contributed by atoms with Gasteiger partial charge in [-0.25, -0.2) is 29.9 Å². The van der Waals surface area contributed by atoms with Crippen molar-refractivity contribution in [2.75, 3.05) is 0 Å². The molecule has 0 fully saturated rings. The zero-order chi connectivity index (χ0) is 85.7. The number of benzene rings is 17. The number of hydrogen-bond donors (Lipinski definition) is 0. The van der Waals surface area contributed by atoms with Crippen LogP contribution in [0.15, 0.2) is 456 Å². The summed E-state index contributed by atoms with van der Waals surface area (Å²) in [5, 5.41) is 16.4. The Hall–Kier alpha value is -17.8. The van der Waals surface area contributed by atoms with Crippen LogP contribution in [0, 0.1) is 0 Å². The van der Waals surface area contributed by atoms with Crippen LogP contribution in [0.4, 0.5) is 0 Å². The second-order valence-electron chi connectivity index (χ2n) is 32.9. The highest BCUT2D eigenvalue weighted by atomic mass is 15.1. The van der Waals surface area contributed by atoms with Gasteiger partial charge in [-0.3, -0.25) is 4.98 Å². The van der Waals surface area contributed by atoms with Crippen LogP contribution < -0.4 is 0 Å². The van der Waals surface area contributed by atoms with Gasteiger partial charge in [0.2, 0.25) is 0 Å². The van der Waals surface area contributed by atoms with Gasteiger partial charge in [0.05, 0.1) is 77.6 Å². The predicted octanol–water partition coefficient (Wildman–Crippen LogP) is 28.9. The molecule has 27 rings (SSSR count). The minimum Gasteiger partial charge on any atom is -0.315 e. The standard InChI is InChI=1S/C44H28N4.C40H26N4.C33H21N5/c1-2-14-34(15-3-1)47-26-25-30-23-24-37-36-17-7-9-20-40(36)48(43(37)42(30)47)35-16-10-13-33(28-35)44-45-39-19-8-6-18-38(39)41(46-44)32-22-21-29-11-4-5-12-31(29)27-32;1-3-12-27(13-4-1)37-34-19-7-9-20-35(34)41-40(42-37)29-14-11-17-31(26-29)44-36-21-10-8-18-32(36)33-23-22-28-24-25-43(38(28)39(33)44)30-15-5-2-6-16-30;1-2-8-25(9-3-1)37-18-16-22-13-14-28-27-11-4-5-12-30(27)38(32(28)31(22)37)26-10-6-7-23(19-26)33-35-21-24-20-34-17-15-29(24)36-33/h1-28H;1-26H;1-21H. The van der Waals surface area contributed by atoms with E-state index in [1.165, 1.54) is 97.9 Å². The lowest BCUT2D eigenvalue weighted by Crippen LogP contribution is -1.99. The summed E-state index contributed by atoms with van der Waals surface area (Å²) in [7, 11) is 0. The Balaban J connectivity index is 0.000000106. The number of rotatable bonds is 11. The van der Waals surface area contributed by atoms with E-state index in [2.05, 4.69) is 444 Å². The van der Waals surface area contributed by atoms with E-state index in [-0.39, 0.29) is 0 Å². The molecule has 0 aliphatic carbocycles. The number of para-hydroxylation sites is 8. The van der Waals surface area contributed by atoms with Gasteiger partial charge >= 0.3 is 0 Å². The summed E-state index contributed by atoms with van der Waals surface area (Å²) >= 11 is 0. The third kappa shape index (κ3) is 12.7. The van der Waals surface area contributed by atoms with Crippen molar-refractivity contribution in [2.24, 2.45) is 0 Å². The highest BCUT2D eigenvalue weighted by molar-refractivity contribution is 6.21. The minimum absolute atomic E-state index is 0.698. The SMILES string of the molecule is c1ccc(-c2nc(-c3cccc(-n4c5ccccc5c5ccc6ccn(-c7ccccc7)c6c54)c3)nc3ccccc23)cc1.c1ccc(-n2ccc3ccc4c5ccccc5n(-c5cccc(-c6nc(-c7ccc8ccccc8c7)c7ccccc7n6)c5)c4c32)cc1.c1ccc(-n2ccc3ccc4c5ccccc5n(-c5cccc(-c6ncc7cnccc7n6)c5)c4c32)cc1. The highest BCUT2D eigenvalue weighted by Gasteiger charge is 2.25. The van der Waals surface area contributed by atoms with Crippen molar-refractivity contribution in [1.82, 2.24) is 62.3 Å². The fourth-order valence-corrected chi connectivity index (χ4v) is 19.4. The summed E-state index contributed by atoms with van der Waals surface area (Å²) in [6, 6.07) is 147. The van der Waals surface area contributed by atoms with Crippen molar-refractivity contribution in [3.63, 3.8) is 0 Å². The molecule has 0 radical (unpaired) electrons. The number of hydrogen-bond acceptors (Lipinski definition) is 7. The van der Waals surface area contributed by atoms with E-state index in [1.54, 1.807) is 12.4 Å². The van der Waals surface area contributed by atoms with Gasteiger partial charge in [-0.2, -0.15) is 0 Å². The molecule has 0 saturated carbocycles. The van der Waals surface area contributed by atoms with Crippen LogP contribution in [0.2, 0.25) is 0 Å². The van der Waals surface area contributed by atoms with Gasteiger partial charge in [-0.05, 0) is 144 Å². The molecule has 13 nitrogen and oxygen atoms in total. The summed E-state index contributed by atoms with van der Waals surface area (Å²) in [5.41, 5.74) is 26.9. The Morgan fingerprint density at radius 1 is 0.185 bits per heavy atom. The van der Waals surface area contributed by atoms with Crippen molar-refractivity contribution < 1.29 is 0 Å². The molecular weight excluding hydrogens is 1590 g/mol. The fraction of sp³-hybridized carbons (Fsp3) is 0. The Morgan fingerprint density at radius 2 is 0.538 bits per heavy atom. The molecule has 0 saturated heterocycles. The lowest BCUT2D eigenvalue weighted by Gasteiger charge is -2.14. The summed E-state index contributed by atoms with van der Waals surface area (Å²) in [6.45, 7) is 0. The van der Waals surface area contributed by atoms with Crippen LogP contribution in [0.25, 0.3) is 232 Å². The van der Waals surface area contributed by atoms with Gasteiger partial charge in [-0.15, -0.1) is 0 Å². The number of nitrogens with zero attached hydrogens (tertiary/aromatic N) is 13. The van der Waals surface area contributed by atoms with Crippen molar-refractivity contribution in [3.05, 3.63) is 456 Å². The molecule has 0 unspecified atom stereocenters. The third-order valence-electron chi connectivity index (χ3n) is 25.3. The molecule has 0 N–H and O–H groups in total.